The van der Waals surface area contributed by atoms with E-state index in [1.165, 1.54) is 16.7 Å². The van der Waals surface area contributed by atoms with Crippen molar-refractivity contribution >= 4 is 5.97 Å². The van der Waals surface area contributed by atoms with Crippen molar-refractivity contribution in [2.24, 2.45) is 0 Å². The van der Waals surface area contributed by atoms with Gasteiger partial charge < -0.3 is 9.47 Å². The highest BCUT2D eigenvalue weighted by Gasteiger charge is 2.28. The zero-order chi connectivity index (χ0) is 32.2. The predicted molar refractivity (Wildman–Crippen MR) is 186 cm³/mol. The number of carbonyl (C=O) groups excluding carboxylic acids is 1. The van der Waals surface area contributed by atoms with Gasteiger partial charge in [0.1, 0.15) is 17.1 Å². The van der Waals surface area contributed by atoms with Crippen LogP contribution >= 0.6 is 0 Å². The van der Waals surface area contributed by atoms with Gasteiger partial charge in [0.25, 0.3) is 0 Å². The zero-order valence-electron chi connectivity index (χ0n) is 27.6. The van der Waals surface area contributed by atoms with Crippen LogP contribution in [0.5, 0.6) is 11.5 Å². The standard InChI is InChI=1S/C42H44O3/c1-8-26-41(4,5)45-39-25-23-35(28-37(39)32-20-16-30(3)17-21-32)42(6,7)34-22-24-38(44-40(43)33-12-10-9-11-13-33)36(27-34)31-18-14-29(2)15-19-31/h9-25,27-28H,8,26H2,1-7H3. The van der Waals surface area contributed by atoms with Crippen LogP contribution < -0.4 is 9.47 Å². The lowest BCUT2D eigenvalue weighted by molar-refractivity contribution is 0.0735. The van der Waals surface area contributed by atoms with E-state index in [1.807, 2.05) is 24.3 Å². The Morgan fingerprint density at radius 1 is 0.622 bits per heavy atom. The Balaban J connectivity index is 1.58. The van der Waals surface area contributed by atoms with Gasteiger partial charge in [0, 0.05) is 16.5 Å². The van der Waals surface area contributed by atoms with Crippen LogP contribution in [0.2, 0.25) is 0 Å². The number of hydrogen-bond donors (Lipinski definition) is 0. The van der Waals surface area contributed by atoms with Crippen LogP contribution in [-0.2, 0) is 5.41 Å². The van der Waals surface area contributed by atoms with Gasteiger partial charge in [-0.05, 0) is 92.8 Å². The first-order chi connectivity index (χ1) is 21.5. The van der Waals surface area contributed by atoms with Crippen molar-refractivity contribution in [3.8, 4) is 33.8 Å². The molecule has 5 aromatic rings. The summed E-state index contributed by atoms with van der Waals surface area (Å²) in [4.78, 5) is 13.1. The van der Waals surface area contributed by atoms with Crippen molar-refractivity contribution in [3.63, 3.8) is 0 Å². The maximum Gasteiger partial charge on any atom is 0.343 e. The number of aryl methyl sites for hydroxylation is 2. The van der Waals surface area contributed by atoms with Crippen LogP contribution in [0, 0.1) is 13.8 Å². The summed E-state index contributed by atoms with van der Waals surface area (Å²) in [7, 11) is 0. The fourth-order valence-corrected chi connectivity index (χ4v) is 5.78. The van der Waals surface area contributed by atoms with Gasteiger partial charge in [-0.25, -0.2) is 4.79 Å². The highest BCUT2D eigenvalue weighted by atomic mass is 16.5. The Morgan fingerprint density at radius 3 is 1.62 bits per heavy atom. The Hall–Kier alpha value is -4.63. The van der Waals surface area contributed by atoms with Crippen LogP contribution in [0.25, 0.3) is 22.3 Å². The molecular weight excluding hydrogens is 552 g/mol. The van der Waals surface area contributed by atoms with Gasteiger partial charge >= 0.3 is 5.97 Å². The maximum absolute atomic E-state index is 13.1. The highest BCUT2D eigenvalue weighted by molar-refractivity contribution is 5.92. The van der Waals surface area contributed by atoms with Gasteiger partial charge in [-0.1, -0.05) is 117 Å². The van der Waals surface area contributed by atoms with Gasteiger partial charge in [-0.2, -0.15) is 0 Å². The molecule has 0 amide bonds. The number of benzene rings is 5. The fraction of sp³-hybridized carbons (Fsp3) is 0.262. The molecule has 5 aromatic carbocycles. The third-order valence-electron chi connectivity index (χ3n) is 8.58. The van der Waals surface area contributed by atoms with Crippen LogP contribution in [0.15, 0.2) is 115 Å². The summed E-state index contributed by atoms with van der Waals surface area (Å²) in [6.45, 7) is 15.2. The van der Waals surface area contributed by atoms with Gasteiger partial charge in [-0.15, -0.1) is 0 Å². The quantitative estimate of drug-likeness (QED) is 0.119. The molecule has 0 aliphatic heterocycles. The van der Waals surface area contributed by atoms with E-state index in [-0.39, 0.29) is 17.0 Å². The molecule has 0 spiro atoms. The van der Waals surface area contributed by atoms with Crippen LogP contribution in [0.3, 0.4) is 0 Å². The first-order valence-electron chi connectivity index (χ1n) is 15.9. The summed E-state index contributed by atoms with van der Waals surface area (Å²) >= 11 is 0. The Kier molecular flexibility index (Phi) is 9.29. The molecule has 0 aliphatic carbocycles. The third kappa shape index (κ3) is 7.37. The van der Waals surface area contributed by atoms with Crippen molar-refractivity contribution in [3.05, 3.63) is 143 Å². The van der Waals surface area contributed by atoms with Gasteiger partial charge in [-0.3, -0.25) is 0 Å². The fourth-order valence-electron chi connectivity index (χ4n) is 5.78. The summed E-state index contributed by atoms with van der Waals surface area (Å²) in [6.07, 6.45) is 2.02. The third-order valence-corrected chi connectivity index (χ3v) is 8.58. The van der Waals surface area contributed by atoms with Crippen LogP contribution in [0.1, 0.15) is 80.1 Å². The van der Waals surface area contributed by atoms with Gasteiger partial charge in [0.05, 0.1) is 5.56 Å². The molecule has 3 nitrogen and oxygen atoms in total. The molecule has 0 radical (unpaired) electrons. The van der Waals surface area contributed by atoms with Crippen molar-refractivity contribution in [1.29, 1.82) is 0 Å². The molecule has 0 N–H and O–H groups in total. The highest BCUT2D eigenvalue weighted by Crippen LogP contribution is 2.42. The van der Waals surface area contributed by atoms with Gasteiger partial charge in [0.2, 0.25) is 0 Å². The number of carbonyl (C=O) groups is 1. The van der Waals surface area contributed by atoms with E-state index in [2.05, 4.69) is 127 Å². The average molecular weight is 597 g/mol. The smallest absolute Gasteiger partial charge is 0.343 e. The number of hydrogen-bond acceptors (Lipinski definition) is 3. The van der Waals surface area contributed by atoms with Crippen molar-refractivity contribution in [2.75, 3.05) is 0 Å². The summed E-state index contributed by atoms with van der Waals surface area (Å²) in [5.74, 6) is 1.05. The first-order valence-corrected chi connectivity index (χ1v) is 15.9. The van der Waals surface area contributed by atoms with Crippen LogP contribution in [0.4, 0.5) is 0 Å². The Labute approximate surface area is 268 Å². The molecule has 45 heavy (non-hydrogen) atoms. The monoisotopic (exact) mass is 596 g/mol. The summed E-state index contributed by atoms with van der Waals surface area (Å²) in [6, 6.07) is 38.9. The van der Waals surface area contributed by atoms with E-state index >= 15 is 0 Å². The van der Waals surface area contributed by atoms with E-state index in [0.717, 1.165) is 46.4 Å². The topological polar surface area (TPSA) is 35.5 Å². The second-order valence-electron chi connectivity index (χ2n) is 13.1. The molecule has 0 heterocycles. The largest absolute Gasteiger partial charge is 0.487 e. The summed E-state index contributed by atoms with van der Waals surface area (Å²) < 4.78 is 12.7. The molecule has 0 fully saturated rings. The number of rotatable bonds is 10. The number of esters is 1. The van der Waals surface area contributed by atoms with E-state index in [0.29, 0.717) is 11.3 Å². The summed E-state index contributed by atoms with van der Waals surface area (Å²) in [5.41, 5.74) is 8.65. The SMILES string of the molecule is CCCC(C)(C)Oc1ccc(C(C)(C)c2ccc(OC(=O)c3ccccc3)c(-c3ccc(C)cc3)c2)cc1-c1ccc(C)cc1. The minimum atomic E-state index is -0.375. The molecular formula is C42H44O3. The lowest BCUT2D eigenvalue weighted by Crippen LogP contribution is -2.28. The van der Waals surface area contributed by atoms with Gasteiger partial charge in [0.15, 0.2) is 0 Å². The van der Waals surface area contributed by atoms with Crippen LogP contribution in [-0.4, -0.2) is 11.6 Å². The molecule has 0 bridgehead atoms. The molecule has 0 aliphatic rings. The second kappa shape index (κ2) is 13.2. The lowest BCUT2D eigenvalue weighted by atomic mass is 9.76. The molecule has 0 saturated heterocycles. The Morgan fingerprint density at radius 2 is 1.11 bits per heavy atom. The predicted octanol–water partition coefficient (Wildman–Crippen LogP) is 11.1. The van der Waals surface area contributed by atoms with E-state index in [9.17, 15) is 4.79 Å². The van der Waals surface area contributed by atoms with Crippen molar-refractivity contribution in [1.82, 2.24) is 0 Å². The molecule has 0 unspecified atom stereocenters. The Bertz CT molecular complexity index is 1760. The van der Waals surface area contributed by atoms with E-state index in [4.69, 9.17) is 9.47 Å². The van der Waals surface area contributed by atoms with Crippen molar-refractivity contribution in [2.45, 2.75) is 72.3 Å². The first kappa shape index (κ1) is 31.8. The van der Waals surface area contributed by atoms with E-state index in [1.54, 1.807) is 12.1 Å². The molecule has 0 atom stereocenters. The lowest BCUT2D eigenvalue weighted by Gasteiger charge is -2.31. The molecule has 0 aromatic heterocycles. The molecule has 230 valence electrons. The maximum atomic E-state index is 13.1. The minimum absolute atomic E-state index is 0.277. The summed E-state index contributed by atoms with van der Waals surface area (Å²) in [5, 5.41) is 0. The van der Waals surface area contributed by atoms with Crippen molar-refractivity contribution < 1.29 is 14.3 Å². The van der Waals surface area contributed by atoms with E-state index < -0.39 is 0 Å². The molecule has 5 rings (SSSR count). The molecule has 3 heteroatoms. The normalized spacial score (nSPS) is 11.7. The average Bonchev–Trinajstić information content (AvgIpc) is 3.02. The second-order valence-corrected chi connectivity index (χ2v) is 13.1. The zero-order valence-corrected chi connectivity index (χ0v) is 27.6. The number of ether oxygens (including phenoxy) is 2. The molecule has 0 saturated carbocycles. The minimum Gasteiger partial charge on any atom is -0.487 e.